The standard InChI is InChI=1S/C8H13ClN2O/c1-3-6(4-2)8-11-10-7(5-9)12-8/h6H,3-5H2,1-2H3. The molecule has 12 heavy (non-hydrogen) atoms. The molecule has 1 aromatic rings. The molecule has 0 amide bonds. The first-order chi connectivity index (χ1) is 5.81. The summed E-state index contributed by atoms with van der Waals surface area (Å²) < 4.78 is 5.32. The van der Waals surface area contributed by atoms with Crippen molar-refractivity contribution in [2.75, 3.05) is 0 Å². The first-order valence-corrected chi connectivity index (χ1v) is 4.73. The van der Waals surface area contributed by atoms with E-state index in [2.05, 4.69) is 24.0 Å². The second-order valence-corrected chi connectivity index (χ2v) is 2.95. The smallest absolute Gasteiger partial charge is 0.231 e. The van der Waals surface area contributed by atoms with Crippen molar-refractivity contribution in [1.82, 2.24) is 10.2 Å². The van der Waals surface area contributed by atoms with Crippen LogP contribution < -0.4 is 0 Å². The number of hydrogen-bond acceptors (Lipinski definition) is 3. The van der Waals surface area contributed by atoms with Gasteiger partial charge in [0.2, 0.25) is 11.8 Å². The maximum absolute atomic E-state index is 5.54. The Hall–Kier alpha value is -0.570. The first kappa shape index (κ1) is 9.52. The highest BCUT2D eigenvalue weighted by atomic mass is 35.5. The van der Waals surface area contributed by atoms with E-state index in [0.29, 0.717) is 17.7 Å². The van der Waals surface area contributed by atoms with Crippen LogP contribution in [-0.4, -0.2) is 10.2 Å². The molecule has 1 heterocycles. The summed E-state index contributed by atoms with van der Waals surface area (Å²) >= 11 is 5.54. The maximum Gasteiger partial charge on any atom is 0.231 e. The Morgan fingerprint density at radius 3 is 2.42 bits per heavy atom. The monoisotopic (exact) mass is 188 g/mol. The summed E-state index contributed by atoms with van der Waals surface area (Å²) in [7, 11) is 0. The first-order valence-electron chi connectivity index (χ1n) is 4.20. The number of hydrogen-bond donors (Lipinski definition) is 0. The summed E-state index contributed by atoms with van der Waals surface area (Å²) in [5.74, 6) is 1.91. The summed E-state index contributed by atoms with van der Waals surface area (Å²) in [6.45, 7) is 4.22. The van der Waals surface area contributed by atoms with E-state index in [0.717, 1.165) is 18.7 Å². The highest BCUT2D eigenvalue weighted by Crippen LogP contribution is 2.21. The van der Waals surface area contributed by atoms with E-state index in [-0.39, 0.29) is 0 Å². The van der Waals surface area contributed by atoms with Gasteiger partial charge in [-0.05, 0) is 12.8 Å². The van der Waals surface area contributed by atoms with Gasteiger partial charge in [-0.2, -0.15) is 0 Å². The topological polar surface area (TPSA) is 38.9 Å². The zero-order valence-corrected chi connectivity index (χ0v) is 8.14. The van der Waals surface area contributed by atoms with Crippen LogP contribution in [-0.2, 0) is 5.88 Å². The number of nitrogens with zero attached hydrogens (tertiary/aromatic N) is 2. The van der Waals surface area contributed by atoms with Gasteiger partial charge in [0.1, 0.15) is 5.88 Å². The van der Waals surface area contributed by atoms with Crippen LogP contribution in [0, 0.1) is 0 Å². The molecule has 0 radical (unpaired) electrons. The summed E-state index contributed by atoms with van der Waals surface area (Å²) in [6, 6.07) is 0. The minimum atomic E-state index is 0.299. The van der Waals surface area contributed by atoms with Gasteiger partial charge in [-0.3, -0.25) is 0 Å². The minimum Gasteiger partial charge on any atom is -0.424 e. The van der Waals surface area contributed by atoms with E-state index >= 15 is 0 Å². The summed E-state index contributed by atoms with van der Waals surface area (Å²) in [6.07, 6.45) is 2.06. The molecule has 0 bridgehead atoms. The van der Waals surface area contributed by atoms with Crippen LogP contribution in [0.25, 0.3) is 0 Å². The molecule has 0 unspecified atom stereocenters. The molecule has 0 saturated carbocycles. The molecular formula is C8H13ClN2O. The highest BCUT2D eigenvalue weighted by Gasteiger charge is 2.13. The van der Waals surface area contributed by atoms with E-state index in [1.54, 1.807) is 0 Å². The van der Waals surface area contributed by atoms with Crippen LogP contribution in [0.1, 0.15) is 44.4 Å². The molecule has 0 aliphatic carbocycles. The largest absolute Gasteiger partial charge is 0.424 e. The van der Waals surface area contributed by atoms with Crippen molar-refractivity contribution in [3.05, 3.63) is 11.8 Å². The van der Waals surface area contributed by atoms with E-state index < -0.39 is 0 Å². The Balaban J connectivity index is 2.72. The van der Waals surface area contributed by atoms with Crippen LogP contribution >= 0.6 is 11.6 Å². The SMILES string of the molecule is CCC(CC)c1nnc(CCl)o1. The molecule has 1 aromatic heterocycles. The molecule has 0 aliphatic rings. The Bertz CT molecular complexity index is 233. The van der Waals surface area contributed by atoms with Gasteiger partial charge >= 0.3 is 0 Å². The van der Waals surface area contributed by atoms with Crippen LogP contribution in [0.15, 0.2) is 4.42 Å². The number of alkyl halides is 1. The van der Waals surface area contributed by atoms with Crippen molar-refractivity contribution in [3.8, 4) is 0 Å². The van der Waals surface area contributed by atoms with Crippen LogP contribution in [0.3, 0.4) is 0 Å². The van der Waals surface area contributed by atoms with Gasteiger partial charge in [0, 0.05) is 5.92 Å². The minimum absolute atomic E-state index is 0.299. The second kappa shape index (κ2) is 4.45. The third-order valence-electron chi connectivity index (χ3n) is 1.93. The van der Waals surface area contributed by atoms with Gasteiger partial charge in [-0.15, -0.1) is 21.8 Å². The molecular weight excluding hydrogens is 176 g/mol. The van der Waals surface area contributed by atoms with Crippen LogP contribution in [0.2, 0.25) is 0 Å². The van der Waals surface area contributed by atoms with Gasteiger partial charge < -0.3 is 4.42 Å². The molecule has 68 valence electrons. The molecule has 0 saturated heterocycles. The van der Waals surface area contributed by atoms with Gasteiger partial charge in [0.05, 0.1) is 0 Å². The second-order valence-electron chi connectivity index (χ2n) is 2.68. The van der Waals surface area contributed by atoms with Crippen LogP contribution in [0.4, 0.5) is 0 Å². The quantitative estimate of drug-likeness (QED) is 0.682. The van der Waals surface area contributed by atoms with Crippen molar-refractivity contribution in [1.29, 1.82) is 0 Å². The van der Waals surface area contributed by atoms with Crippen molar-refractivity contribution in [2.45, 2.75) is 38.5 Å². The number of halogens is 1. The van der Waals surface area contributed by atoms with E-state index in [1.165, 1.54) is 0 Å². The Labute approximate surface area is 77.1 Å². The third-order valence-corrected chi connectivity index (χ3v) is 2.16. The lowest BCUT2D eigenvalue weighted by molar-refractivity contribution is 0.412. The predicted octanol–water partition coefficient (Wildman–Crippen LogP) is 2.71. The fourth-order valence-electron chi connectivity index (χ4n) is 1.12. The molecule has 0 aromatic carbocycles. The third kappa shape index (κ3) is 1.97. The Morgan fingerprint density at radius 2 is 2.00 bits per heavy atom. The average molecular weight is 189 g/mol. The van der Waals surface area contributed by atoms with E-state index in [4.69, 9.17) is 16.0 Å². The molecule has 0 aliphatic heterocycles. The van der Waals surface area contributed by atoms with Gasteiger partial charge in [-0.1, -0.05) is 13.8 Å². The van der Waals surface area contributed by atoms with Gasteiger partial charge in [0.15, 0.2) is 0 Å². The Kier molecular flexibility index (Phi) is 3.53. The highest BCUT2D eigenvalue weighted by molar-refractivity contribution is 6.16. The fraction of sp³-hybridized carbons (Fsp3) is 0.750. The van der Waals surface area contributed by atoms with E-state index in [1.807, 2.05) is 0 Å². The van der Waals surface area contributed by atoms with Crippen LogP contribution in [0.5, 0.6) is 0 Å². The number of rotatable bonds is 4. The zero-order valence-electron chi connectivity index (χ0n) is 7.38. The molecule has 0 atom stereocenters. The van der Waals surface area contributed by atoms with Gasteiger partial charge in [0.25, 0.3) is 0 Å². The molecule has 0 N–H and O–H groups in total. The maximum atomic E-state index is 5.54. The summed E-state index contributed by atoms with van der Waals surface area (Å²) in [5.41, 5.74) is 0. The fourth-order valence-corrected chi connectivity index (χ4v) is 1.23. The average Bonchev–Trinajstić information content (AvgIpc) is 2.55. The lowest BCUT2D eigenvalue weighted by atomic mass is 10.0. The van der Waals surface area contributed by atoms with Crippen molar-refractivity contribution < 1.29 is 4.42 Å². The van der Waals surface area contributed by atoms with Crippen molar-refractivity contribution in [2.24, 2.45) is 0 Å². The van der Waals surface area contributed by atoms with Crippen molar-refractivity contribution >= 4 is 11.6 Å². The Morgan fingerprint density at radius 1 is 1.33 bits per heavy atom. The van der Waals surface area contributed by atoms with E-state index in [9.17, 15) is 0 Å². The van der Waals surface area contributed by atoms with Gasteiger partial charge in [-0.25, -0.2) is 0 Å². The number of aromatic nitrogens is 2. The van der Waals surface area contributed by atoms with Crippen molar-refractivity contribution in [3.63, 3.8) is 0 Å². The molecule has 0 fully saturated rings. The summed E-state index contributed by atoms with van der Waals surface area (Å²) in [5, 5.41) is 7.73. The molecule has 1 rings (SSSR count). The summed E-state index contributed by atoms with van der Waals surface area (Å²) in [4.78, 5) is 0. The molecule has 3 nitrogen and oxygen atoms in total. The lowest BCUT2D eigenvalue weighted by Crippen LogP contribution is -1.95. The normalized spacial score (nSPS) is 11.0. The zero-order chi connectivity index (χ0) is 8.97. The molecule has 4 heteroatoms. The predicted molar refractivity (Wildman–Crippen MR) is 47.2 cm³/mol. The molecule has 0 spiro atoms. The lowest BCUT2D eigenvalue weighted by Gasteiger charge is -2.04.